The van der Waals surface area contributed by atoms with E-state index in [1.54, 1.807) is 0 Å². The third-order valence-corrected chi connectivity index (χ3v) is 9.44. The van der Waals surface area contributed by atoms with Gasteiger partial charge in [-0.1, -0.05) is 107 Å². The van der Waals surface area contributed by atoms with Crippen molar-refractivity contribution >= 4 is 5.97 Å². The number of carboxylic acid groups (broad SMARTS) is 1. The quantitative estimate of drug-likeness (QED) is 0.0713. The van der Waals surface area contributed by atoms with Gasteiger partial charge in [0.2, 0.25) is 0 Å². The zero-order valence-corrected chi connectivity index (χ0v) is 31.8. The Kier molecular flexibility index (Phi) is 31.8. The molecule has 0 heterocycles. The van der Waals surface area contributed by atoms with Crippen molar-refractivity contribution in [2.75, 3.05) is 92.5 Å². The minimum absolute atomic E-state index is 0.109. The smallest absolute Gasteiger partial charge is 0.329 e. The Labute approximate surface area is 289 Å². The number of rotatable bonds is 36. The topological polar surface area (TPSA) is 102 Å². The number of ether oxygens (including phenoxy) is 7. The van der Waals surface area contributed by atoms with Crippen LogP contribution in [0.15, 0.2) is 0 Å². The highest BCUT2D eigenvalue weighted by Gasteiger charge is 2.19. The number of carbonyl (C=O) groups is 1. The van der Waals surface area contributed by atoms with Gasteiger partial charge in [0, 0.05) is 44.2 Å². The van der Waals surface area contributed by atoms with Crippen molar-refractivity contribution in [1.82, 2.24) is 0 Å². The molecule has 9 heteroatoms. The van der Waals surface area contributed by atoms with Crippen molar-refractivity contribution in [1.29, 1.82) is 0 Å². The highest BCUT2D eigenvalue weighted by atomic mass is 16.5. The standard InChI is InChI=1S/C38H76O9/c1-9-31(10-2)17-41-21-35(22-42-18-32(11-3)12-4)25-45-27-37(29-47-30-38(39)40)28-46-26-36(23-43-19-33(13-5)14-6)24-44-20-34(15-7)16-8/h31-37H,9-30H2,1-8H3,(H,39,40). The summed E-state index contributed by atoms with van der Waals surface area (Å²) in [5.74, 6) is 1.39. The Balaban J connectivity index is 5.17. The van der Waals surface area contributed by atoms with Gasteiger partial charge in [-0.3, -0.25) is 0 Å². The summed E-state index contributed by atoms with van der Waals surface area (Å²) in [4.78, 5) is 11.1. The first-order valence-corrected chi connectivity index (χ1v) is 19.1. The molecular formula is C38H76O9. The summed E-state index contributed by atoms with van der Waals surface area (Å²) < 4.78 is 42.4. The van der Waals surface area contributed by atoms with Crippen molar-refractivity contribution < 1.29 is 43.1 Å². The molecule has 0 rings (SSSR count). The number of hydrogen-bond acceptors (Lipinski definition) is 8. The van der Waals surface area contributed by atoms with Crippen molar-refractivity contribution in [3.63, 3.8) is 0 Å². The molecule has 0 atom stereocenters. The molecule has 0 radical (unpaired) electrons. The fraction of sp³-hybridized carbons (Fsp3) is 0.974. The molecule has 0 aliphatic rings. The van der Waals surface area contributed by atoms with Crippen LogP contribution in [0, 0.1) is 41.4 Å². The lowest BCUT2D eigenvalue weighted by Gasteiger charge is -2.24. The van der Waals surface area contributed by atoms with Crippen LogP contribution in [0.3, 0.4) is 0 Å². The molecule has 0 amide bonds. The first-order chi connectivity index (χ1) is 22.8. The summed E-state index contributed by atoms with van der Waals surface area (Å²) in [6.07, 6.45) is 8.86. The number of aliphatic carboxylic acids is 1. The minimum atomic E-state index is -0.987. The molecule has 0 fully saturated rings. The molecule has 0 unspecified atom stereocenters. The third kappa shape index (κ3) is 25.8. The number of hydrogen-bond donors (Lipinski definition) is 1. The fourth-order valence-electron chi connectivity index (χ4n) is 5.25. The van der Waals surface area contributed by atoms with Gasteiger partial charge in [-0.15, -0.1) is 0 Å². The monoisotopic (exact) mass is 677 g/mol. The van der Waals surface area contributed by atoms with Crippen LogP contribution in [-0.2, 0) is 38.0 Å². The fourth-order valence-corrected chi connectivity index (χ4v) is 5.25. The highest BCUT2D eigenvalue weighted by molar-refractivity contribution is 5.67. The lowest BCUT2D eigenvalue weighted by molar-refractivity contribution is -0.143. The van der Waals surface area contributed by atoms with Gasteiger partial charge < -0.3 is 38.3 Å². The van der Waals surface area contributed by atoms with Crippen molar-refractivity contribution in [3.05, 3.63) is 0 Å². The van der Waals surface area contributed by atoms with Crippen LogP contribution in [0.5, 0.6) is 0 Å². The van der Waals surface area contributed by atoms with Crippen LogP contribution in [0.2, 0.25) is 0 Å². The van der Waals surface area contributed by atoms with E-state index in [1.165, 1.54) is 0 Å². The lowest BCUT2D eigenvalue weighted by Crippen LogP contribution is -2.30. The summed E-state index contributed by atoms with van der Waals surface area (Å²) in [5.41, 5.74) is 0. The van der Waals surface area contributed by atoms with Gasteiger partial charge in [0.25, 0.3) is 0 Å². The molecule has 0 aromatic carbocycles. The van der Waals surface area contributed by atoms with Gasteiger partial charge in [0.05, 0.1) is 59.5 Å². The predicted molar refractivity (Wildman–Crippen MR) is 190 cm³/mol. The third-order valence-electron chi connectivity index (χ3n) is 9.44. The maximum Gasteiger partial charge on any atom is 0.329 e. The van der Waals surface area contributed by atoms with Crippen molar-refractivity contribution in [3.8, 4) is 0 Å². The summed E-state index contributed by atoms with van der Waals surface area (Å²) in [6, 6.07) is 0. The molecule has 0 spiro atoms. The minimum Gasteiger partial charge on any atom is -0.480 e. The second kappa shape index (κ2) is 32.4. The second-order valence-electron chi connectivity index (χ2n) is 13.5. The van der Waals surface area contributed by atoms with E-state index in [0.29, 0.717) is 76.5 Å². The Morgan fingerprint density at radius 3 is 0.681 bits per heavy atom. The van der Waals surface area contributed by atoms with E-state index in [1.807, 2.05) is 0 Å². The molecule has 47 heavy (non-hydrogen) atoms. The van der Waals surface area contributed by atoms with E-state index >= 15 is 0 Å². The van der Waals surface area contributed by atoms with E-state index in [0.717, 1.165) is 77.8 Å². The Morgan fingerprint density at radius 2 is 0.511 bits per heavy atom. The molecule has 0 bridgehead atoms. The van der Waals surface area contributed by atoms with Crippen molar-refractivity contribution in [2.24, 2.45) is 41.4 Å². The molecule has 0 aliphatic heterocycles. The normalized spacial score (nSPS) is 12.4. The van der Waals surface area contributed by atoms with Gasteiger partial charge >= 0.3 is 5.97 Å². The largest absolute Gasteiger partial charge is 0.480 e. The maximum atomic E-state index is 11.1. The van der Waals surface area contributed by atoms with E-state index in [2.05, 4.69) is 55.4 Å². The van der Waals surface area contributed by atoms with Gasteiger partial charge in [0.15, 0.2) is 0 Å². The van der Waals surface area contributed by atoms with Gasteiger partial charge in [0.1, 0.15) is 6.61 Å². The SMILES string of the molecule is CCC(CC)COCC(COCC(CC)CC)COCC(COCC(=O)O)COCC(COCC(CC)CC)COCC(CC)CC. The van der Waals surface area contributed by atoms with Crippen LogP contribution in [0.1, 0.15) is 107 Å². The summed E-state index contributed by atoms with van der Waals surface area (Å²) in [5, 5.41) is 9.11. The van der Waals surface area contributed by atoms with Gasteiger partial charge in [-0.2, -0.15) is 0 Å². The molecule has 0 aliphatic carbocycles. The summed E-state index contributed by atoms with van der Waals surface area (Å²) in [6.45, 7) is 24.7. The lowest BCUT2D eigenvalue weighted by atomic mass is 10.1. The average molecular weight is 677 g/mol. The molecule has 0 aromatic heterocycles. The van der Waals surface area contributed by atoms with E-state index in [-0.39, 0.29) is 31.0 Å². The Morgan fingerprint density at radius 1 is 0.340 bits per heavy atom. The Hall–Kier alpha value is -0.810. The van der Waals surface area contributed by atoms with Crippen molar-refractivity contribution in [2.45, 2.75) is 107 Å². The Bertz CT molecular complexity index is 582. The maximum absolute atomic E-state index is 11.1. The molecule has 0 saturated carbocycles. The van der Waals surface area contributed by atoms with Crippen LogP contribution in [0.4, 0.5) is 0 Å². The second-order valence-corrected chi connectivity index (χ2v) is 13.5. The predicted octanol–water partition coefficient (Wildman–Crippen LogP) is 7.78. The van der Waals surface area contributed by atoms with E-state index in [4.69, 9.17) is 38.3 Å². The first-order valence-electron chi connectivity index (χ1n) is 19.1. The van der Waals surface area contributed by atoms with Gasteiger partial charge in [-0.05, 0) is 23.7 Å². The molecule has 9 nitrogen and oxygen atoms in total. The molecule has 0 saturated heterocycles. The molecule has 0 aromatic rings. The molecular weight excluding hydrogens is 600 g/mol. The van der Waals surface area contributed by atoms with Crippen LogP contribution in [-0.4, -0.2) is 104 Å². The van der Waals surface area contributed by atoms with Crippen LogP contribution < -0.4 is 0 Å². The summed E-state index contributed by atoms with van der Waals surface area (Å²) in [7, 11) is 0. The molecule has 282 valence electrons. The average Bonchev–Trinajstić information content (AvgIpc) is 3.07. The zero-order valence-electron chi connectivity index (χ0n) is 31.8. The van der Waals surface area contributed by atoms with Crippen LogP contribution >= 0.6 is 0 Å². The molecule has 1 N–H and O–H groups in total. The summed E-state index contributed by atoms with van der Waals surface area (Å²) >= 11 is 0. The highest BCUT2D eigenvalue weighted by Crippen LogP contribution is 2.14. The van der Waals surface area contributed by atoms with E-state index in [9.17, 15) is 4.79 Å². The number of carboxylic acids is 1. The van der Waals surface area contributed by atoms with Crippen LogP contribution in [0.25, 0.3) is 0 Å². The van der Waals surface area contributed by atoms with Gasteiger partial charge in [-0.25, -0.2) is 4.79 Å². The van der Waals surface area contributed by atoms with E-state index < -0.39 is 5.97 Å². The zero-order chi connectivity index (χ0) is 35.1. The first kappa shape index (κ1) is 46.2.